The number of hydrogen-bond donors (Lipinski definition) is 1. The van der Waals surface area contributed by atoms with Gasteiger partial charge in [0, 0.05) is 12.1 Å². The Morgan fingerprint density at radius 3 is 2.59 bits per heavy atom. The van der Waals surface area contributed by atoms with Crippen molar-refractivity contribution in [1.82, 2.24) is 9.97 Å². The van der Waals surface area contributed by atoms with E-state index in [1.54, 1.807) is 0 Å². The van der Waals surface area contributed by atoms with Crippen LogP contribution in [-0.4, -0.2) is 16.5 Å². The summed E-state index contributed by atoms with van der Waals surface area (Å²) in [4.78, 5) is 8.04. The lowest BCUT2D eigenvalue weighted by Gasteiger charge is -2.06. The van der Waals surface area contributed by atoms with E-state index in [0.717, 1.165) is 11.1 Å². The number of anilines is 1. The molecule has 1 aromatic heterocycles. The third-order valence-electron chi connectivity index (χ3n) is 2.40. The largest absolute Gasteiger partial charge is 0.354 e. The van der Waals surface area contributed by atoms with Crippen LogP contribution in [0.25, 0.3) is 11.3 Å². The van der Waals surface area contributed by atoms with Crippen molar-refractivity contribution in [2.45, 2.75) is 13.8 Å². The Morgan fingerprint density at radius 1 is 1.24 bits per heavy atom. The van der Waals surface area contributed by atoms with Crippen LogP contribution < -0.4 is 5.32 Å². The Kier molecular flexibility index (Phi) is 3.32. The highest BCUT2D eigenvalue weighted by Crippen LogP contribution is 2.21. The molecule has 1 heterocycles. The lowest BCUT2D eigenvalue weighted by molar-refractivity contribution is 0.618. The van der Waals surface area contributed by atoms with Crippen LogP contribution >= 0.6 is 0 Å². The highest BCUT2D eigenvalue weighted by molar-refractivity contribution is 5.61. The zero-order chi connectivity index (χ0) is 12.3. The second kappa shape index (κ2) is 4.91. The molecule has 0 aliphatic heterocycles. The number of aryl methyl sites for hydroxylation is 1. The van der Waals surface area contributed by atoms with E-state index in [9.17, 15) is 4.39 Å². The van der Waals surface area contributed by atoms with E-state index in [-0.39, 0.29) is 0 Å². The van der Waals surface area contributed by atoms with Crippen LogP contribution in [0.2, 0.25) is 0 Å². The number of aromatic nitrogens is 2. The van der Waals surface area contributed by atoms with E-state index in [4.69, 9.17) is 0 Å². The number of rotatable bonds is 3. The van der Waals surface area contributed by atoms with E-state index in [0.29, 0.717) is 18.2 Å². The van der Waals surface area contributed by atoms with Crippen molar-refractivity contribution in [3.63, 3.8) is 0 Å². The number of nitrogens with zero attached hydrogens (tertiary/aromatic N) is 2. The summed E-state index contributed by atoms with van der Waals surface area (Å²) in [6, 6.07) is 7.58. The summed E-state index contributed by atoms with van der Waals surface area (Å²) in [5.74, 6) is 0.0416. The van der Waals surface area contributed by atoms with Crippen molar-refractivity contribution in [2.24, 2.45) is 0 Å². The summed E-state index contributed by atoms with van der Waals surface area (Å²) in [5.41, 5.74) is 2.22. The standard InChI is InChI=1S/C13H14FN3/c1-3-15-13-16-8-11(14)12(17-13)10-6-4-9(2)5-7-10/h4-8H,3H2,1-2H3,(H,15,16,17). The molecule has 0 saturated carbocycles. The second-order valence-corrected chi connectivity index (χ2v) is 3.79. The van der Waals surface area contributed by atoms with Crippen LogP contribution in [0.4, 0.5) is 10.3 Å². The molecular formula is C13H14FN3. The first-order valence-corrected chi connectivity index (χ1v) is 5.54. The summed E-state index contributed by atoms with van der Waals surface area (Å²) in [7, 11) is 0. The first-order valence-electron chi connectivity index (χ1n) is 5.54. The minimum absolute atomic E-state index is 0.330. The maximum Gasteiger partial charge on any atom is 0.223 e. The predicted octanol–water partition coefficient (Wildman–Crippen LogP) is 3.02. The first-order chi connectivity index (χ1) is 8.20. The van der Waals surface area contributed by atoms with E-state index in [2.05, 4.69) is 15.3 Å². The number of halogens is 1. The van der Waals surface area contributed by atoms with Crippen LogP contribution in [-0.2, 0) is 0 Å². The fraction of sp³-hybridized carbons (Fsp3) is 0.231. The molecule has 1 N–H and O–H groups in total. The van der Waals surface area contributed by atoms with Crippen molar-refractivity contribution in [1.29, 1.82) is 0 Å². The van der Waals surface area contributed by atoms with Gasteiger partial charge in [0.25, 0.3) is 0 Å². The van der Waals surface area contributed by atoms with Crippen LogP contribution in [0.1, 0.15) is 12.5 Å². The number of nitrogens with one attached hydrogen (secondary N) is 1. The summed E-state index contributed by atoms with van der Waals surface area (Å²) in [5, 5.41) is 2.97. The monoisotopic (exact) mass is 231 g/mol. The fourth-order valence-corrected chi connectivity index (χ4v) is 1.52. The summed E-state index contributed by atoms with van der Waals surface area (Å²) in [6.45, 7) is 4.64. The van der Waals surface area contributed by atoms with Gasteiger partial charge in [-0.2, -0.15) is 0 Å². The third kappa shape index (κ3) is 2.58. The zero-order valence-corrected chi connectivity index (χ0v) is 9.87. The van der Waals surface area contributed by atoms with E-state index < -0.39 is 5.82 Å². The van der Waals surface area contributed by atoms with Crippen molar-refractivity contribution in [3.05, 3.63) is 41.8 Å². The minimum Gasteiger partial charge on any atom is -0.354 e. The summed E-state index contributed by atoms with van der Waals surface area (Å²) >= 11 is 0. The number of hydrogen-bond acceptors (Lipinski definition) is 3. The van der Waals surface area contributed by atoms with Gasteiger partial charge < -0.3 is 5.32 Å². The van der Waals surface area contributed by atoms with Gasteiger partial charge in [0.05, 0.1) is 6.20 Å². The molecule has 1 aromatic carbocycles. The van der Waals surface area contributed by atoms with Gasteiger partial charge >= 0.3 is 0 Å². The summed E-state index contributed by atoms with van der Waals surface area (Å²) < 4.78 is 13.6. The zero-order valence-electron chi connectivity index (χ0n) is 9.87. The SMILES string of the molecule is CCNc1ncc(F)c(-c2ccc(C)cc2)n1. The van der Waals surface area contributed by atoms with Gasteiger partial charge in [-0.25, -0.2) is 14.4 Å². The van der Waals surface area contributed by atoms with Crippen LogP contribution in [0.3, 0.4) is 0 Å². The van der Waals surface area contributed by atoms with Crippen molar-refractivity contribution in [3.8, 4) is 11.3 Å². The molecule has 0 amide bonds. The van der Waals surface area contributed by atoms with Gasteiger partial charge in [-0.05, 0) is 13.8 Å². The Hall–Kier alpha value is -1.97. The van der Waals surface area contributed by atoms with Gasteiger partial charge in [0.15, 0.2) is 5.82 Å². The average molecular weight is 231 g/mol. The van der Waals surface area contributed by atoms with Gasteiger partial charge in [-0.15, -0.1) is 0 Å². The lowest BCUT2D eigenvalue weighted by atomic mass is 10.1. The maximum atomic E-state index is 13.6. The van der Waals surface area contributed by atoms with Crippen LogP contribution in [0.5, 0.6) is 0 Å². The molecule has 2 rings (SSSR count). The van der Waals surface area contributed by atoms with Crippen LogP contribution in [0, 0.1) is 12.7 Å². The molecule has 88 valence electrons. The molecule has 0 radical (unpaired) electrons. The van der Waals surface area contributed by atoms with E-state index >= 15 is 0 Å². The Morgan fingerprint density at radius 2 is 1.94 bits per heavy atom. The van der Waals surface area contributed by atoms with Crippen molar-refractivity contribution < 1.29 is 4.39 Å². The lowest BCUT2D eigenvalue weighted by Crippen LogP contribution is -2.03. The van der Waals surface area contributed by atoms with Gasteiger partial charge in [-0.1, -0.05) is 29.8 Å². The molecule has 0 spiro atoms. The van der Waals surface area contributed by atoms with Gasteiger partial charge in [-0.3, -0.25) is 0 Å². The molecule has 0 bridgehead atoms. The first kappa shape index (κ1) is 11.5. The smallest absolute Gasteiger partial charge is 0.223 e. The Balaban J connectivity index is 2.42. The molecule has 0 atom stereocenters. The Labute approximate surface area is 99.7 Å². The molecule has 2 aromatic rings. The average Bonchev–Trinajstić information content (AvgIpc) is 2.33. The van der Waals surface area contributed by atoms with E-state index in [1.165, 1.54) is 6.20 Å². The molecule has 0 unspecified atom stereocenters. The van der Waals surface area contributed by atoms with Crippen molar-refractivity contribution in [2.75, 3.05) is 11.9 Å². The van der Waals surface area contributed by atoms with Crippen molar-refractivity contribution >= 4 is 5.95 Å². The third-order valence-corrected chi connectivity index (χ3v) is 2.40. The molecule has 0 aliphatic rings. The molecule has 0 aliphatic carbocycles. The fourth-order valence-electron chi connectivity index (χ4n) is 1.52. The second-order valence-electron chi connectivity index (χ2n) is 3.79. The number of benzene rings is 1. The molecule has 0 saturated heterocycles. The molecule has 17 heavy (non-hydrogen) atoms. The van der Waals surface area contributed by atoms with Gasteiger partial charge in [0.1, 0.15) is 5.69 Å². The Bertz CT molecular complexity index is 509. The highest BCUT2D eigenvalue weighted by Gasteiger charge is 2.08. The predicted molar refractivity (Wildman–Crippen MR) is 66.3 cm³/mol. The minimum atomic E-state index is -0.407. The topological polar surface area (TPSA) is 37.8 Å². The van der Waals surface area contributed by atoms with Crippen LogP contribution in [0.15, 0.2) is 30.5 Å². The highest BCUT2D eigenvalue weighted by atomic mass is 19.1. The summed E-state index contributed by atoms with van der Waals surface area (Å²) in [6.07, 6.45) is 1.19. The normalized spacial score (nSPS) is 10.3. The van der Waals surface area contributed by atoms with Gasteiger partial charge in [0.2, 0.25) is 5.95 Å². The molecule has 0 fully saturated rings. The molecular weight excluding hydrogens is 217 g/mol. The quantitative estimate of drug-likeness (QED) is 0.882. The van der Waals surface area contributed by atoms with E-state index in [1.807, 2.05) is 38.1 Å². The maximum absolute atomic E-state index is 13.6. The molecule has 4 heteroatoms. The molecule has 3 nitrogen and oxygen atoms in total.